The van der Waals surface area contributed by atoms with Gasteiger partial charge in [-0.2, -0.15) is 0 Å². The zero-order valence-corrected chi connectivity index (χ0v) is 18.4. The van der Waals surface area contributed by atoms with E-state index in [9.17, 15) is 14.4 Å². The van der Waals surface area contributed by atoms with Crippen LogP contribution in [0.3, 0.4) is 0 Å². The van der Waals surface area contributed by atoms with Gasteiger partial charge in [0.25, 0.3) is 5.91 Å². The highest BCUT2D eigenvalue weighted by Gasteiger charge is 2.45. The second kappa shape index (κ2) is 8.21. The number of carbonyl (C=O) groups is 3. The van der Waals surface area contributed by atoms with Crippen LogP contribution in [0.5, 0.6) is 11.5 Å². The number of anilines is 1. The minimum atomic E-state index is -0.765. The summed E-state index contributed by atoms with van der Waals surface area (Å²) >= 11 is 0. The first kappa shape index (κ1) is 20.8. The zero-order valence-electron chi connectivity index (χ0n) is 18.4. The van der Waals surface area contributed by atoms with Crippen LogP contribution in [0.2, 0.25) is 0 Å². The molecule has 176 valence electrons. The number of carbonyl (C=O) groups excluding carboxylic acids is 3. The number of rotatable bonds is 2. The molecule has 0 saturated carbocycles. The molecule has 6 rings (SSSR count). The number of benzene rings is 2. The summed E-state index contributed by atoms with van der Waals surface area (Å²) in [5, 5.41) is 5.86. The molecule has 4 aliphatic rings. The van der Waals surface area contributed by atoms with Crippen LogP contribution in [-0.2, 0) is 9.53 Å². The van der Waals surface area contributed by atoms with Gasteiger partial charge < -0.3 is 34.6 Å². The van der Waals surface area contributed by atoms with Gasteiger partial charge in [0.2, 0.25) is 12.7 Å². The van der Waals surface area contributed by atoms with Gasteiger partial charge in [-0.1, -0.05) is 12.1 Å². The number of amides is 4. The molecule has 10 nitrogen and oxygen atoms in total. The lowest BCUT2D eigenvalue weighted by Gasteiger charge is -2.30. The van der Waals surface area contributed by atoms with E-state index in [4.69, 9.17) is 14.2 Å². The Hall–Kier alpha value is -3.79. The van der Waals surface area contributed by atoms with Crippen LogP contribution in [0.25, 0.3) is 11.1 Å². The van der Waals surface area contributed by atoms with Crippen LogP contribution in [-0.4, -0.2) is 79.4 Å². The lowest BCUT2D eigenvalue weighted by Crippen LogP contribution is -2.55. The van der Waals surface area contributed by atoms with Crippen molar-refractivity contribution in [2.24, 2.45) is 0 Å². The quantitative estimate of drug-likeness (QED) is 0.700. The molecule has 0 radical (unpaired) electrons. The summed E-state index contributed by atoms with van der Waals surface area (Å²) in [4.78, 5) is 42.6. The molecule has 2 fully saturated rings. The minimum absolute atomic E-state index is 0.188. The number of urea groups is 1. The molecule has 0 aromatic heterocycles. The van der Waals surface area contributed by atoms with Crippen molar-refractivity contribution < 1.29 is 28.6 Å². The summed E-state index contributed by atoms with van der Waals surface area (Å²) in [5.41, 5.74) is 2.59. The van der Waals surface area contributed by atoms with Crippen molar-refractivity contribution in [1.29, 1.82) is 0 Å². The van der Waals surface area contributed by atoms with Gasteiger partial charge in [-0.05, 0) is 41.8 Å². The third kappa shape index (κ3) is 3.50. The number of ether oxygens (including phenoxy) is 3. The molecule has 4 amide bonds. The molecule has 0 bridgehead atoms. The van der Waals surface area contributed by atoms with Gasteiger partial charge in [-0.3, -0.25) is 9.59 Å². The van der Waals surface area contributed by atoms with E-state index in [2.05, 4.69) is 10.6 Å². The average molecular weight is 464 g/mol. The first-order valence-electron chi connectivity index (χ1n) is 11.4. The zero-order chi connectivity index (χ0) is 23.2. The Morgan fingerprint density at radius 2 is 1.74 bits per heavy atom. The largest absolute Gasteiger partial charge is 0.454 e. The Bertz CT molecular complexity index is 1180. The van der Waals surface area contributed by atoms with E-state index in [1.165, 1.54) is 0 Å². The second-order valence-electron chi connectivity index (χ2n) is 8.71. The van der Waals surface area contributed by atoms with Crippen LogP contribution in [0.4, 0.5) is 10.5 Å². The van der Waals surface area contributed by atoms with Crippen molar-refractivity contribution >= 4 is 23.5 Å². The van der Waals surface area contributed by atoms with Gasteiger partial charge in [0, 0.05) is 19.6 Å². The van der Waals surface area contributed by atoms with E-state index in [-0.39, 0.29) is 24.6 Å². The Morgan fingerprint density at radius 3 is 2.59 bits per heavy atom. The van der Waals surface area contributed by atoms with Crippen molar-refractivity contribution in [1.82, 2.24) is 15.1 Å². The monoisotopic (exact) mass is 464 g/mol. The van der Waals surface area contributed by atoms with Crippen molar-refractivity contribution in [3.63, 3.8) is 0 Å². The maximum Gasteiger partial charge on any atom is 0.317 e. The molecule has 2 aromatic carbocycles. The SMILES string of the molecule is O=C1Nc2ccc(-c3ccc4c(c3)OCO4)cc2C(=O)N2CCC(NC(=O)N3CCOCC3)C12. The van der Waals surface area contributed by atoms with E-state index in [1.807, 2.05) is 24.3 Å². The van der Waals surface area contributed by atoms with Crippen LogP contribution in [0.1, 0.15) is 16.8 Å². The average Bonchev–Trinajstić information content (AvgIpc) is 3.48. The number of nitrogens with one attached hydrogen (secondary N) is 2. The predicted octanol–water partition coefficient (Wildman–Crippen LogP) is 1.66. The fraction of sp³-hybridized carbons (Fsp3) is 0.375. The minimum Gasteiger partial charge on any atom is -0.454 e. The molecule has 10 heteroatoms. The van der Waals surface area contributed by atoms with Crippen LogP contribution >= 0.6 is 0 Å². The Balaban J connectivity index is 1.25. The van der Waals surface area contributed by atoms with Crippen LogP contribution < -0.4 is 20.1 Å². The number of hydrogen-bond acceptors (Lipinski definition) is 6. The highest BCUT2D eigenvalue weighted by molar-refractivity contribution is 6.11. The van der Waals surface area contributed by atoms with Gasteiger partial charge in [0.05, 0.1) is 30.5 Å². The Labute approximate surface area is 195 Å². The number of morpholine rings is 1. The van der Waals surface area contributed by atoms with E-state index in [1.54, 1.807) is 21.9 Å². The highest BCUT2D eigenvalue weighted by atomic mass is 16.7. The lowest BCUT2D eigenvalue weighted by molar-refractivity contribution is -0.120. The van der Waals surface area contributed by atoms with E-state index in [0.29, 0.717) is 62.0 Å². The van der Waals surface area contributed by atoms with Crippen LogP contribution in [0, 0.1) is 0 Å². The van der Waals surface area contributed by atoms with Crippen molar-refractivity contribution in [3.8, 4) is 22.6 Å². The normalized spacial score (nSPS) is 23.2. The summed E-state index contributed by atoms with van der Waals surface area (Å²) in [5.74, 6) is 0.814. The fourth-order valence-corrected chi connectivity index (χ4v) is 4.96. The fourth-order valence-electron chi connectivity index (χ4n) is 4.96. The Morgan fingerprint density at radius 1 is 0.971 bits per heavy atom. The third-order valence-electron chi connectivity index (χ3n) is 6.75. The summed E-state index contributed by atoms with van der Waals surface area (Å²) in [7, 11) is 0. The molecule has 4 aliphatic heterocycles. The maximum atomic E-state index is 13.5. The van der Waals surface area contributed by atoms with E-state index < -0.39 is 12.1 Å². The molecule has 34 heavy (non-hydrogen) atoms. The summed E-state index contributed by atoms with van der Waals surface area (Å²) in [6.45, 7) is 2.57. The van der Waals surface area contributed by atoms with Crippen molar-refractivity contribution in [2.75, 3.05) is 45.0 Å². The van der Waals surface area contributed by atoms with Crippen molar-refractivity contribution in [3.05, 3.63) is 42.0 Å². The maximum absolute atomic E-state index is 13.5. The smallest absolute Gasteiger partial charge is 0.317 e. The van der Waals surface area contributed by atoms with Gasteiger partial charge in [0.15, 0.2) is 11.5 Å². The molecule has 2 atom stereocenters. The lowest BCUT2D eigenvalue weighted by atomic mass is 10.0. The first-order valence-corrected chi connectivity index (χ1v) is 11.4. The highest BCUT2D eigenvalue weighted by Crippen LogP contribution is 2.37. The molecule has 2 N–H and O–H groups in total. The van der Waals surface area contributed by atoms with Crippen LogP contribution in [0.15, 0.2) is 36.4 Å². The van der Waals surface area contributed by atoms with Gasteiger partial charge in [-0.25, -0.2) is 4.79 Å². The molecular formula is C24H24N4O6. The second-order valence-corrected chi connectivity index (χ2v) is 8.71. The van der Waals surface area contributed by atoms with Gasteiger partial charge >= 0.3 is 6.03 Å². The summed E-state index contributed by atoms with van der Waals surface area (Å²) in [6.07, 6.45) is 0.511. The van der Waals surface area contributed by atoms with E-state index in [0.717, 1.165) is 11.1 Å². The number of fused-ring (bicyclic) bond motifs is 3. The summed E-state index contributed by atoms with van der Waals surface area (Å²) < 4.78 is 16.2. The number of hydrogen-bond donors (Lipinski definition) is 2. The molecule has 4 heterocycles. The van der Waals surface area contributed by atoms with Gasteiger partial charge in [0.1, 0.15) is 6.04 Å². The standard InChI is InChI=1S/C24H24N4O6/c29-22-21-18(26-24(31)27-7-9-32-10-8-27)5-6-28(21)23(30)16-11-14(1-3-17(16)25-22)15-2-4-19-20(12-15)34-13-33-19/h1-4,11-12,18,21H,5-10,13H2,(H,25,29)(H,26,31). The molecule has 2 unspecified atom stereocenters. The molecule has 2 aromatic rings. The van der Waals surface area contributed by atoms with E-state index >= 15 is 0 Å². The predicted molar refractivity (Wildman–Crippen MR) is 121 cm³/mol. The summed E-state index contributed by atoms with van der Waals surface area (Å²) in [6, 6.07) is 9.56. The first-order chi connectivity index (χ1) is 16.6. The number of nitrogens with zero attached hydrogens (tertiary/aromatic N) is 2. The topological polar surface area (TPSA) is 109 Å². The molecule has 0 spiro atoms. The van der Waals surface area contributed by atoms with Crippen molar-refractivity contribution in [2.45, 2.75) is 18.5 Å². The third-order valence-corrected chi connectivity index (χ3v) is 6.75. The molecular weight excluding hydrogens is 440 g/mol. The Kier molecular flexibility index (Phi) is 5.02. The van der Waals surface area contributed by atoms with Gasteiger partial charge in [-0.15, -0.1) is 0 Å². The molecule has 0 aliphatic carbocycles. The molecule has 2 saturated heterocycles.